The highest BCUT2D eigenvalue weighted by Crippen LogP contribution is 2.23. The first kappa shape index (κ1) is 19.4. The van der Waals surface area contributed by atoms with Gasteiger partial charge in [0.25, 0.3) is 5.91 Å². The minimum absolute atomic E-state index is 0.0398. The molecule has 0 fully saturated rings. The number of hydrogen-bond donors (Lipinski definition) is 1. The summed E-state index contributed by atoms with van der Waals surface area (Å²) in [7, 11) is 0. The van der Waals surface area contributed by atoms with Crippen molar-refractivity contribution >= 4 is 17.4 Å². The zero-order valence-electron chi connectivity index (χ0n) is 15.1. The van der Waals surface area contributed by atoms with Gasteiger partial charge in [0, 0.05) is 6.42 Å². The van der Waals surface area contributed by atoms with Crippen LogP contribution in [0, 0.1) is 11.6 Å². The zero-order chi connectivity index (χ0) is 19.9. The Morgan fingerprint density at radius 1 is 0.786 bits per heavy atom. The summed E-state index contributed by atoms with van der Waals surface area (Å²) in [5.74, 6) is -2.54. The predicted molar refractivity (Wildman–Crippen MR) is 104 cm³/mol. The Bertz CT molecular complexity index is 987. The second-order valence-electron chi connectivity index (χ2n) is 6.36. The Morgan fingerprint density at radius 2 is 1.46 bits per heavy atom. The molecule has 1 N–H and O–H groups in total. The quantitative estimate of drug-likeness (QED) is 0.557. The second kappa shape index (κ2) is 9.04. The van der Waals surface area contributed by atoms with Crippen molar-refractivity contribution in [2.45, 2.75) is 19.3 Å². The van der Waals surface area contributed by atoms with Crippen molar-refractivity contribution in [3.05, 3.63) is 101 Å². The molecule has 0 bridgehead atoms. The van der Waals surface area contributed by atoms with E-state index in [-0.39, 0.29) is 23.2 Å². The van der Waals surface area contributed by atoms with Gasteiger partial charge in [0.1, 0.15) is 11.6 Å². The Hall–Kier alpha value is -3.34. The van der Waals surface area contributed by atoms with Crippen LogP contribution in [0.25, 0.3) is 0 Å². The maximum absolute atomic E-state index is 14.3. The first-order valence-corrected chi connectivity index (χ1v) is 8.98. The number of halogens is 2. The third kappa shape index (κ3) is 4.68. The molecule has 1 amide bonds. The molecule has 28 heavy (non-hydrogen) atoms. The first-order valence-electron chi connectivity index (χ1n) is 8.98. The van der Waals surface area contributed by atoms with E-state index < -0.39 is 23.3 Å². The highest BCUT2D eigenvalue weighted by Gasteiger charge is 2.19. The van der Waals surface area contributed by atoms with Gasteiger partial charge in [0.2, 0.25) is 0 Å². The van der Waals surface area contributed by atoms with Crippen LogP contribution in [-0.2, 0) is 6.42 Å². The van der Waals surface area contributed by atoms with E-state index in [1.54, 1.807) is 0 Å². The molecule has 0 aliphatic heterocycles. The minimum Gasteiger partial charge on any atom is -0.321 e. The monoisotopic (exact) mass is 379 g/mol. The fourth-order valence-corrected chi connectivity index (χ4v) is 2.97. The number of Topliss-reactive ketones (excluding diaryl/α,β-unsaturated/α-hetero) is 1. The summed E-state index contributed by atoms with van der Waals surface area (Å²) >= 11 is 0. The highest BCUT2D eigenvalue weighted by molar-refractivity contribution is 6.09. The van der Waals surface area contributed by atoms with Crippen LogP contribution in [0.5, 0.6) is 0 Å². The van der Waals surface area contributed by atoms with Gasteiger partial charge in [-0.2, -0.15) is 0 Å². The van der Waals surface area contributed by atoms with Gasteiger partial charge in [-0.05, 0) is 42.7 Å². The number of aryl methyl sites for hydroxylation is 1. The summed E-state index contributed by atoms with van der Waals surface area (Å²) in [6.07, 6.45) is 1.38. The third-order valence-corrected chi connectivity index (χ3v) is 4.37. The molecule has 0 radical (unpaired) electrons. The lowest BCUT2D eigenvalue weighted by Gasteiger charge is -2.12. The molecule has 0 aliphatic carbocycles. The fraction of sp³-hybridized carbons (Fsp3) is 0.130. The van der Waals surface area contributed by atoms with E-state index >= 15 is 0 Å². The number of ketones is 1. The van der Waals surface area contributed by atoms with Crippen molar-refractivity contribution in [2.24, 2.45) is 0 Å². The smallest absolute Gasteiger partial charge is 0.258 e. The van der Waals surface area contributed by atoms with Gasteiger partial charge in [0.05, 0.1) is 16.8 Å². The maximum atomic E-state index is 14.3. The number of carbonyl (C=O) groups is 2. The molecular weight excluding hydrogens is 360 g/mol. The molecule has 0 unspecified atom stereocenters. The number of benzene rings is 3. The van der Waals surface area contributed by atoms with E-state index in [9.17, 15) is 18.4 Å². The molecule has 0 saturated carbocycles. The van der Waals surface area contributed by atoms with Crippen molar-refractivity contribution in [3.8, 4) is 0 Å². The molecule has 0 spiro atoms. The fourth-order valence-electron chi connectivity index (χ4n) is 2.97. The average Bonchev–Trinajstić information content (AvgIpc) is 2.69. The molecule has 0 atom stereocenters. The lowest BCUT2D eigenvalue weighted by molar-refractivity contribution is 0.0977. The lowest BCUT2D eigenvalue weighted by atomic mass is 10.0. The molecule has 3 nitrogen and oxygen atoms in total. The second-order valence-corrected chi connectivity index (χ2v) is 6.36. The Labute approximate surface area is 162 Å². The number of nitrogens with one attached hydrogen (secondary N) is 1. The SMILES string of the molecule is O=C(Nc1cccc(F)c1C(=O)CCCc1ccccc1)c1ccccc1F. The van der Waals surface area contributed by atoms with Crippen LogP contribution in [0.4, 0.5) is 14.5 Å². The summed E-state index contributed by atoms with van der Waals surface area (Å²) < 4.78 is 28.1. The molecule has 0 heterocycles. The van der Waals surface area contributed by atoms with Crippen molar-refractivity contribution in [2.75, 3.05) is 5.32 Å². The van der Waals surface area contributed by atoms with Crippen molar-refractivity contribution in [3.63, 3.8) is 0 Å². The predicted octanol–water partition coefficient (Wildman–Crippen LogP) is 5.42. The van der Waals surface area contributed by atoms with Gasteiger partial charge in [-0.25, -0.2) is 8.78 Å². The number of anilines is 1. The molecule has 0 aromatic heterocycles. The van der Waals surface area contributed by atoms with E-state index in [1.165, 1.54) is 36.4 Å². The number of rotatable bonds is 7. The molecule has 3 aromatic carbocycles. The number of hydrogen-bond acceptors (Lipinski definition) is 2. The molecule has 5 heteroatoms. The highest BCUT2D eigenvalue weighted by atomic mass is 19.1. The Morgan fingerprint density at radius 3 is 2.21 bits per heavy atom. The van der Waals surface area contributed by atoms with Crippen molar-refractivity contribution < 1.29 is 18.4 Å². The molecule has 0 aliphatic rings. The van der Waals surface area contributed by atoms with Gasteiger partial charge < -0.3 is 5.32 Å². The summed E-state index contributed by atoms with van der Waals surface area (Å²) in [4.78, 5) is 24.9. The van der Waals surface area contributed by atoms with Crippen LogP contribution < -0.4 is 5.32 Å². The standard InChI is InChI=1S/C23H19F2NO2/c24-18-12-5-4-11-17(18)23(28)26-20-14-7-13-19(25)22(20)21(27)15-6-10-16-8-2-1-3-9-16/h1-5,7-9,11-14H,6,10,15H2,(H,26,28). The molecule has 3 aromatic rings. The van der Waals surface area contributed by atoms with E-state index in [4.69, 9.17) is 0 Å². The average molecular weight is 379 g/mol. The van der Waals surface area contributed by atoms with Crippen molar-refractivity contribution in [1.82, 2.24) is 0 Å². The molecule has 0 saturated heterocycles. The molecule has 142 valence electrons. The summed E-state index contributed by atoms with van der Waals surface area (Å²) in [5, 5.41) is 2.46. The van der Waals surface area contributed by atoms with Gasteiger partial charge in [-0.3, -0.25) is 9.59 Å². The van der Waals surface area contributed by atoms with Gasteiger partial charge in [0.15, 0.2) is 5.78 Å². The van der Waals surface area contributed by atoms with Crippen LogP contribution in [-0.4, -0.2) is 11.7 Å². The summed E-state index contributed by atoms with van der Waals surface area (Å²) in [6.45, 7) is 0. The maximum Gasteiger partial charge on any atom is 0.258 e. The zero-order valence-corrected chi connectivity index (χ0v) is 15.1. The Kier molecular flexibility index (Phi) is 6.27. The van der Waals surface area contributed by atoms with Gasteiger partial charge in [-0.1, -0.05) is 48.5 Å². The van der Waals surface area contributed by atoms with Crippen LogP contribution in [0.2, 0.25) is 0 Å². The summed E-state index contributed by atoms with van der Waals surface area (Å²) in [5.41, 5.74) is 0.782. The first-order chi connectivity index (χ1) is 13.6. The van der Waals surface area contributed by atoms with E-state index in [0.29, 0.717) is 12.8 Å². The van der Waals surface area contributed by atoms with Crippen LogP contribution in [0.1, 0.15) is 39.1 Å². The van der Waals surface area contributed by atoms with Crippen LogP contribution >= 0.6 is 0 Å². The Balaban J connectivity index is 1.73. The summed E-state index contributed by atoms with van der Waals surface area (Å²) in [6, 6.07) is 19.2. The topological polar surface area (TPSA) is 46.2 Å². The number of carbonyl (C=O) groups excluding carboxylic acids is 2. The number of amides is 1. The van der Waals surface area contributed by atoms with Crippen LogP contribution in [0.3, 0.4) is 0 Å². The molecule has 3 rings (SSSR count). The normalized spacial score (nSPS) is 10.5. The van der Waals surface area contributed by atoms with E-state index in [2.05, 4.69) is 5.32 Å². The third-order valence-electron chi connectivity index (χ3n) is 4.37. The molecular formula is C23H19F2NO2. The van der Waals surface area contributed by atoms with Crippen molar-refractivity contribution in [1.29, 1.82) is 0 Å². The van der Waals surface area contributed by atoms with E-state index in [1.807, 2.05) is 30.3 Å². The lowest BCUT2D eigenvalue weighted by Crippen LogP contribution is -2.17. The van der Waals surface area contributed by atoms with E-state index in [0.717, 1.165) is 11.6 Å². The van der Waals surface area contributed by atoms with Gasteiger partial charge in [-0.15, -0.1) is 0 Å². The largest absolute Gasteiger partial charge is 0.321 e. The van der Waals surface area contributed by atoms with Gasteiger partial charge >= 0.3 is 0 Å². The van der Waals surface area contributed by atoms with Crippen LogP contribution in [0.15, 0.2) is 72.8 Å². The minimum atomic E-state index is -0.734.